The molecule has 0 spiro atoms. The number of carbonyl (C=O) groups excluding carboxylic acids is 1. The summed E-state index contributed by atoms with van der Waals surface area (Å²) in [7, 11) is 3.15. The van der Waals surface area contributed by atoms with Crippen molar-refractivity contribution < 1.29 is 23.7 Å². The van der Waals surface area contributed by atoms with E-state index >= 15 is 0 Å². The van der Waals surface area contributed by atoms with Crippen molar-refractivity contribution in [3.8, 4) is 33.9 Å². The number of benzene rings is 2. The van der Waals surface area contributed by atoms with E-state index in [1.807, 2.05) is 29.6 Å². The first-order chi connectivity index (χ1) is 14.1. The topological polar surface area (TPSA) is 90.7 Å². The number of methoxy groups -OCH3 is 2. The van der Waals surface area contributed by atoms with Crippen LogP contribution in [0.15, 0.2) is 47.8 Å². The molecule has 0 saturated carbocycles. The maximum atomic E-state index is 11.9. The van der Waals surface area contributed by atoms with Gasteiger partial charge < -0.3 is 18.9 Å². The largest absolute Gasteiger partial charge is 0.493 e. The zero-order valence-electron chi connectivity index (χ0n) is 15.9. The summed E-state index contributed by atoms with van der Waals surface area (Å²) in [4.78, 5) is 16.4. The van der Waals surface area contributed by atoms with Crippen molar-refractivity contribution in [1.82, 2.24) is 4.98 Å². The van der Waals surface area contributed by atoms with Gasteiger partial charge in [0.25, 0.3) is 0 Å². The second-order valence-electron chi connectivity index (χ2n) is 5.77. The minimum Gasteiger partial charge on any atom is -0.493 e. The summed E-state index contributed by atoms with van der Waals surface area (Å²) in [5.41, 5.74) is 1.95. The molecule has 0 bridgehead atoms. The van der Waals surface area contributed by atoms with Crippen molar-refractivity contribution in [2.45, 2.75) is 6.61 Å². The molecule has 0 aliphatic heterocycles. The van der Waals surface area contributed by atoms with E-state index in [-0.39, 0.29) is 13.2 Å². The number of hydrogen-bond acceptors (Lipinski definition) is 8. The molecule has 0 fully saturated rings. The van der Waals surface area contributed by atoms with Gasteiger partial charge in [0.1, 0.15) is 17.4 Å². The highest BCUT2D eigenvalue weighted by molar-refractivity contribution is 7.13. The molecule has 29 heavy (non-hydrogen) atoms. The zero-order valence-corrected chi connectivity index (χ0v) is 16.7. The van der Waals surface area contributed by atoms with Crippen LogP contribution in [0.3, 0.4) is 0 Å². The lowest BCUT2D eigenvalue weighted by Gasteiger charge is -2.10. The van der Waals surface area contributed by atoms with Crippen LogP contribution in [0.4, 0.5) is 0 Å². The maximum absolute atomic E-state index is 11.9. The van der Waals surface area contributed by atoms with Crippen molar-refractivity contribution in [2.24, 2.45) is 0 Å². The van der Waals surface area contributed by atoms with Gasteiger partial charge in [0, 0.05) is 5.38 Å². The Morgan fingerprint density at radius 3 is 2.62 bits per heavy atom. The van der Waals surface area contributed by atoms with Crippen LogP contribution in [0.25, 0.3) is 10.6 Å². The van der Waals surface area contributed by atoms with E-state index in [4.69, 9.17) is 24.2 Å². The Kier molecular flexibility index (Phi) is 6.66. The molecular weight excluding hydrogens is 392 g/mol. The van der Waals surface area contributed by atoms with Crippen LogP contribution in [0.5, 0.6) is 17.2 Å². The fraction of sp³-hybridized carbons (Fsp3) is 0.190. The second kappa shape index (κ2) is 9.57. The van der Waals surface area contributed by atoms with Gasteiger partial charge in [0.05, 0.1) is 37.1 Å². The Morgan fingerprint density at radius 1 is 1.14 bits per heavy atom. The van der Waals surface area contributed by atoms with E-state index in [1.165, 1.54) is 11.3 Å². The molecule has 0 aliphatic carbocycles. The van der Waals surface area contributed by atoms with Gasteiger partial charge in [-0.3, -0.25) is 0 Å². The maximum Gasteiger partial charge on any atom is 0.344 e. The number of aromatic nitrogens is 1. The summed E-state index contributed by atoms with van der Waals surface area (Å²) in [5, 5.41) is 11.3. The molecule has 3 rings (SSSR count). The van der Waals surface area contributed by atoms with Crippen LogP contribution in [0.1, 0.15) is 11.3 Å². The number of nitrogens with zero attached hydrogens (tertiary/aromatic N) is 2. The van der Waals surface area contributed by atoms with Crippen molar-refractivity contribution in [2.75, 3.05) is 20.8 Å². The third-order valence-electron chi connectivity index (χ3n) is 3.91. The molecule has 0 amide bonds. The predicted molar refractivity (Wildman–Crippen MR) is 107 cm³/mol. The number of hydrogen-bond donors (Lipinski definition) is 0. The summed E-state index contributed by atoms with van der Waals surface area (Å²) in [6.45, 7) is -0.190. The zero-order chi connectivity index (χ0) is 20.6. The molecule has 1 heterocycles. The minimum absolute atomic E-state index is 0.0400. The van der Waals surface area contributed by atoms with Gasteiger partial charge in [-0.15, -0.1) is 11.3 Å². The van der Waals surface area contributed by atoms with Crippen molar-refractivity contribution in [3.63, 3.8) is 0 Å². The first kappa shape index (κ1) is 20.2. The first-order valence-electron chi connectivity index (χ1n) is 8.59. The number of esters is 1. The van der Waals surface area contributed by atoms with Crippen LogP contribution < -0.4 is 14.2 Å². The van der Waals surface area contributed by atoms with E-state index in [1.54, 1.807) is 38.5 Å². The summed E-state index contributed by atoms with van der Waals surface area (Å²) >= 11 is 1.42. The third-order valence-corrected chi connectivity index (χ3v) is 4.83. The molecule has 148 valence electrons. The SMILES string of the molecule is COc1cccc(-c2nc(COC(=O)COc3ccc(C#N)cc3)cs2)c1OC. The van der Waals surface area contributed by atoms with Crippen LogP contribution in [-0.2, 0) is 16.1 Å². The molecule has 8 heteroatoms. The molecule has 1 aromatic heterocycles. The van der Waals surface area contributed by atoms with Gasteiger partial charge in [-0.25, -0.2) is 9.78 Å². The highest BCUT2D eigenvalue weighted by Crippen LogP contribution is 2.38. The lowest BCUT2D eigenvalue weighted by Crippen LogP contribution is -2.14. The summed E-state index contributed by atoms with van der Waals surface area (Å²) < 4.78 is 21.3. The van der Waals surface area contributed by atoms with Gasteiger partial charge >= 0.3 is 5.97 Å². The molecule has 2 aromatic carbocycles. The number of para-hydroxylation sites is 1. The van der Waals surface area contributed by atoms with Crippen LogP contribution in [0, 0.1) is 11.3 Å². The highest BCUT2D eigenvalue weighted by Gasteiger charge is 2.15. The number of rotatable bonds is 8. The predicted octanol–water partition coefficient (Wildman–Crippen LogP) is 3.82. The smallest absolute Gasteiger partial charge is 0.344 e. The molecule has 0 atom stereocenters. The van der Waals surface area contributed by atoms with Gasteiger partial charge in [-0.05, 0) is 36.4 Å². The molecule has 0 aliphatic rings. The monoisotopic (exact) mass is 410 g/mol. The van der Waals surface area contributed by atoms with E-state index in [0.717, 1.165) is 10.6 Å². The molecule has 0 unspecified atom stereocenters. The van der Waals surface area contributed by atoms with E-state index < -0.39 is 5.97 Å². The normalized spacial score (nSPS) is 10.1. The van der Waals surface area contributed by atoms with Gasteiger partial charge in [-0.1, -0.05) is 6.07 Å². The fourth-order valence-corrected chi connectivity index (χ4v) is 3.34. The van der Waals surface area contributed by atoms with Crippen LogP contribution in [-0.4, -0.2) is 31.8 Å². The second-order valence-corrected chi connectivity index (χ2v) is 6.63. The van der Waals surface area contributed by atoms with E-state index in [0.29, 0.717) is 28.5 Å². The standard InChI is InChI=1S/C21H18N2O5S/c1-25-18-5-3-4-17(20(18)26-2)21-23-15(13-29-21)11-28-19(24)12-27-16-8-6-14(10-22)7-9-16/h3-9,13H,11-12H2,1-2H3. The van der Waals surface area contributed by atoms with Crippen molar-refractivity contribution in [3.05, 3.63) is 59.1 Å². The van der Waals surface area contributed by atoms with Crippen LogP contribution in [0.2, 0.25) is 0 Å². The van der Waals surface area contributed by atoms with Gasteiger partial charge in [0.2, 0.25) is 0 Å². The van der Waals surface area contributed by atoms with E-state index in [9.17, 15) is 4.79 Å². The summed E-state index contributed by atoms with van der Waals surface area (Å²) in [6.07, 6.45) is 0. The van der Waals surface area contributed by atoms with Crippen LogP contribution >= 0.6 is 11.3 Å². The quantitative estimate of drug-likeness (QED) is 0.521. The number of nitriles is 1. The van der Waals surface area contributed by atoms with E-state index in [2.05, 4.69) is 4.98 Å². The molecule has 0 saturated heterocycles. The average Bonchev–Trinajstić information content (AvgIpc) is 3.24. The lowest BCUT2D eigenvalue weighted by molar-refractivity contribution is -0.147. The molecular formula is C21H18N2O5S. The van der Waals surface area contributed by atoms with Crippen molar-refractivity contribution >= 4 is 17.3 Å². The van der Waals surface area contributed by atoms with Gasteiger partial charge in [-0.2, -0.15) is 5.26 Å². The molecule has 0 N–H and O–H groups in total. The van der Waals surface area contributed by atoms with Gasteiger partial charge in [0.15, 0.2) is 18.1 Å². The lowest BCUT2D eigenvalue weighted by atomic mass is 10.2. The average molecular weight is 410 g/mol. The third kappa shape index (κ3) is 5.03. The Morgan fingerprint density at radius 2 is 1.93 bits per heavy atom. The molecule has 0 radical (unpaired) electrons. The fourth-order valence-electron chi connectivity index (χ4n) is 2.52. The molecule has 7 nitrogen and oxygen atoms in total. The first-order valence-corrected chi connectivity index (χ1v) is 9.47. The number of ether oxygens (including phenoxy) is 4. The Hall–Kier alpha value is -3.57. The highest BCUT2D eigenvalue weighted by atomic mass is 32.1. The Labute approximate surface area is 172 Å². The summed E-state index contributed by atoms with van der Waals surface area (Å²) in [5.74, 6) is 1.20. The molecule has 3 aromatic rings. The summed E-state index contributed by atoms with van der Waals surface area (Å²) in [6, 6.07) is 14.1. The Balaban J connectivity index is 1.56. The number of thiazole rings is 1. The Bertz CT molecular complexity index is 1020. The number of carbonyl (C=O) groups is 1. The van der Waals surface area contributed by atoms with Crippen molar-refractivity contribution in [1.29, 1.82) is 5.26 Å². The minimum atomic E-state index is -0.511.